The Morgan fingerprint density at radius 3 is 1.80 bits per heavy atom. The Labute approximate surface area is 132 Å². The maximum atomic E-state index is 5.89. The summed E-state index contributed by atoms with van der Waals surface area (Å²) >= 11 is 0. The predicted molar refractivity (Wildman–Crippen MR) is 79.8 cm³/mol. The van der Waals surface area contributed by atoms with E-state index in [0.29, 0.717) is 0 Å². The van der Waals surface area contributed by atoms with Gasteiger partial charge in [0.05, 0.1) is 11.2 Å². The van der Waals surface area contributed by atoms with Gasteiger partial charge in [0, 0.05) is 17.1 Å². The summed E-state index contributed by atoms with van der Waals surface area (Å²) in [6, 6.07) is 18.1. The SMILES string of the molecule is CC1(C)OB(c2cc[cH-]c2)OC1(C)C.[Fe].c1cc[cH-]c1. The van der Waals surface area contributed by atoms with Crippen molar-refractivity contribution < 1.29 is 26.4 Å². The fourth-order valence-corrected chi connectivity index (χ4v) is 1.85. The van der Waals surface area contributed by atoms with Crippen molar-refractivity contribution in [2.75, 3.05) is 0 Å². The van der Waals surface area contributed by atoms with Gasteiger partial charge in [0.1, 0.15) is 0 Å². The molecular formula is C16H21BFeO2-2. The Morgan fingerprint density at radius 2 is 1.45 bits per heavy atom. The van der Waals surface area contributed by atoms with Crippen molar-refractivity contribution in [1.82, 2.24) is 0 Å². The quantitative estimate of drug-likeness (QED) is 0.595. The van der Waals surface area contributed by atoms with Crippen molar-refractivity contribution in [3.63, 3.8) is 0 Å². The van der Waals surface area contributed by atoms with Crippen molar-refractivity contribution in [2.45, 2.75) is 38.9 Å². The van der Waals surface area contributed by atoms with Gasteiger partial charge in [0.15, 0.2) is 0 Å². The first-order chi connectivity index (χ1) is 8.92. The Morgan fingerprint density at radius 1 is 0.900 bits per heavy atom. The first-order valence-electron chi connectivity index (χ1n) is 6.66. The Bertz CT molecular complexity index is 441. The van der Waals surface area contributed by atoms with E-state index in [1.165, 1.54) is 0 Å². The molecule has 110 valence electrons. The van der Waals surface area contributed by atoms with Gasteiger partial charge in [-0.2, -0.15) is 41.9 Å². The van der Waals surface area contributed by atoms with E-state index < -0.39 is 0 Å². The Hall–Kier alpha value is -0.796. The maximum absolute atomic E-state index is 5.89. The van der Waals surface area contributed by atoms with Crippen LogP contribution in [0.5, 0.6) is 0 Å². The number of hydrogen-bond donors (Lipinski definition) is 0. The van der Waals surface area contributed by atoms with Crippen LogP contribution in [0.1, 0.15) is 27.7 Å². The molecule has 0 radical (unpaired) electrons. The molecule has 1 heterocycles. The molecule has 1 aliphatic heterocycles. The molecule has 0 aromatic heterocycles. The molecule has 0 aliphatic carbocycles. The van der Waals surface area contributed by atoms with Crippen LogP contribution in [0.3, 0.4) is 0 Å². The number of hydrogen-bond acceptors (Lipinski definition) is 2. The molecule has 2 nitrogen and oxygen atoms in total. The van der Waals surface area contributed by atoms with E-state index in [4.69, 9.17) is 9.31 Å². The smallest absolute Gasteiger partial charge is 0.407 e. The van der Waals surface area contributed by atoms with E-state index >= 15 is 0 Å². The fraction of sp³-hybridized carbons (Fsp3) is 0.375. The van der Waals surface area contributed by atoms with Gasteiger partial charge < -0.3 is 9.31 Å². The third kappa shape index (κ3) is 3.86. The standard InChI is InChI=1S/C11H16BO2.C5H5.Fe/c1-10(2)11(3,4)14-12(13-10)9-7-5-6-8-9;1-2-4-5-3-1;/h5-8H,1-4H3;1-5H;/q2*-1;. The van der Waals surface area contributed by atoms with Gasteiger partial charge >= 0.3 is 7.12 Å². The zero-order valence-electron chi connectivity index (χ0n) is 12.4. The third-order valence-corrected chi connectivity index (χ3v) is 3.77. The van der Waals surface area contributed by atoms with Crippen LogP contribution in [-0.4, -0.2) is 18.3 Å². The minimum atomic E-state index is -0.241. The second-order valence-corrected chi connectivity index (χ2v) is 5.77. The minimum Gasteiger partial charge on any atom is -0.411 e. The van der Waals surface area contributed by atoms with Crippen LogP contribution in [0, 0.1) is 0 Å². The summed E-state index contributed by atoms with van der Waals surface area (Å²) in [5.74, 6) is 0. The monoisotopic (exact) mass is 312 g/mol. The molecule has 4 heteroatoms. The molecule has 1 fully saturated rings. The van der Waals surface area contributed by atoms with Crippen molar-refractivity contribution in [3.8, 4) is 0 Å². The molecule has 0 spiro atoms. The summed E-state index contributed by atoms with van der Waals surface area (Å²) < 4.78 is 11.8. The first-order valence-corrected chi connectivity index (χ1v) is 6.66. The van der Waals surface area contributed by atoms with Crippen molar-refractivity contribution in [3.05, 3.63) is 54.6 Å². The normalized spacial score (nSPS) is 18.9. The molecule has 0 atom stereocenters. The molecule has 1 saturated heterocycles. The summed E-state index contributed by atoms with van der Waals surface area (Å²) in [7, 11) is -0.213. The van der Waals surface area contributed by atoms with Gasteiger partial charge in [-0.1, -0.05) is 0 Å². The van der Waals surface area contributed by atoms with Crippen LogP contribution in [0.4, 0.5) is 0 Å². The summed E-state index contributed by atoms with van der Waals surface area (Å²) in [6.07, 6.45) is 0. The molecule has 20 heavy (non-hydrogen) atoms. The van der Waals surface area contributed by atoms with Crippen LogP contribution < -0.4 is 5.46 Å². The summed E-state index contributed by atoms with van der Waals surface area (Å²) in [4.78, 5) is 0. The van der Waals surface area contributed by atoms with E-state index in [9.17, 15) is 0 Å². The molecule has 0 saturated carbocycles. The summed E-state index contributed by atoms with van der Waals surface area (Å²) in [5, 5.41) is 0. The molecule has 0 unspecified atom stereocenters. The van der Waals surface area contributed by atoms with Crippen LogP contribution in [0.25, 0.3) is 0 Å². The molecule has 2 aromatic rings. The van der Waals surface area contributed by atoms with E-state index in [0.717, 1.165) is 5.46 Å². The second kappa shape index (κ2) is 6.77. The second-order valence-electron chi connectivity index (χ2n) is 5.77. The number of rotatable bonds is 1. The molecular weight excluding hydrogens is 291 g/mol. The van der Waals surface area contributed by atoms with Crippen LogP contribution in [0.2, 0.25) is 0 Å². The summed E-state index contributed by atoms with van der Waals surface area (Å²) in [6.45, 7) is 8.26. The van der Waals surface area contributed by atoms with E-state index in [2.05, 4.69) is 27.7 Å². The zero-order chi connectivity index (χ0) is 13.9. The predicted octanol–water partition coefficient (Wildman–Crippen LogP) is 3.11. The van der Waals surface area contributed by atoms with Gasteiger partial charge in [-0.15, -0.1) is 0 Å². The van der Waals surface area contributed by atoms with Crippen LogP contribution in [-0.2, 0) is 26.4 Å². The van der Waals surface area contributed by atoms with Gasteiger partial charge in [-0.05, 0) is 27.7 Å². The average Bonchev–Trinajstić information content (AvgIpc) is 3.05. The molecule has 0 bridgehead atoms. The van der Waals surface area contributed by atoms with E-state index in [-0.39, 0.29) is 35.4 Å². The molecule has 3 rings (SSSR count). The topological polar surface area (TPSA) is 18.5 Å². The van der Waals surface area contributed by atoms with Crippen molar-refractivity contribution >= 4 is 12.6 Å². The maximum Gasteiger partial charge on any atom is 0.407 e. The van der Waals surface area contributed by atoms with Crippen LogP contribution in [0.15, 0.2) is 54.6 Å². The average molecular weight is 312 g/mol. The zero-order valence-corrected chi connectivity index (χ0v) is 13.5. The molecule has 0 amide bonds. The van der Waals surface area contributed by atoms with E-state index in [1.807, 2.05) is 54.6 Å². The van der Waals surface area contributed by atoms with Gasteiger partial charge in [0.2, 0.25) is 0 Å². The Kier molecular flexibility index (Phi) is 5.84. The van der Waals surface area contributed by atoms with Crippen molar-refractivity contribution in [2.24, 2.45) is 0 Å². The Balaban J connectivity index is 0.000000283. The van der Waals surface area contributed by atoms with Gasteiger partial charge in [0.25, 0.3) is 0 Å². The largest absolute Gasteiger partial charge is 0.411 e. The summed E-state index contributed by atoms with van der Waals surface area (Å²) in [5.41, 5.74) is 0.618. The first kappa shape index (κ1) is 17.3. The van der Waals surface area contributed by atoms with Gasteiger partial charge in [-0.3, -0.25) is 0 Å². The van der Waals surface area contributed by atoms with Gasteiger partial charge in [-0.25, -0.2) is 18.2 Å². The van der Waals surface area contributed by atoms with E-state index in [1.54, 1.807) is 0 Å². The minimum absolute atomic E-state index is 0. The van der Waals surface area contributed by atoms with Crippen LogP contribution >= 0.6 is 0 Å². The van der Waals surface area contributed by atoms with Crippen molar-refractivity contribution in [1.29, 1.82) is 0 Å². The molecule has 0 N–H and O–H groups in total. The molecule has 1 aliphatic rings. The molecule has 2 aromatic carbocycles. The third-order valence-electron chi connectivity index (χ3n) is 3.77. The fourth-order valence-electron chi connectivity index (χ4n) is 1.85.